The van der Waals surface area contributed by atoms with E-state index in [4.69, 9.17) is 0 Å². The summed E-state index contributed by atoms with van der Waals surface area (Å²) in [5, 5.41) is 0. The molecule has 0 atom stereocenters. The van der Waals surface area contributed by atoms with Crippen molar-refractivity contribution in [2.24, 2.45) is 0 Å². The van der Waals surface area contributed by atoms with E-state index in [-0.39, 0.29) is 0 Å². The predicted octanol–water partition coefficient (Wildman–Crippen LogP) is 4.46. The molecule has 0 saturated carbocycles. The van der Waals surface area contributed by atoms with Gasteiger partial charge in [0.2, 0.25) is 0 Å². The SMILES string of the molecule is CCOCC(F)(F)C(F)(F)C(F)(F)C(F)(F)C(F)(F)C(F)F. The minimum atomic E-state index is -7.49. The Kier molecular flexibility index (Phi) is 5.72. The van der Waals surface area contributed by atoms with Crippen LogP contribution in [-0.4, -0.2) is 49.3 Å². The van der Waals surface area contributed by atoms with Crippen LogP contribution in [-0.2, 0) is 4.74 Å². The largest absolute Gasteiger partial charge is 0.384 e. The highest BCUT2D eigenvalue weighted by Gasteiger charge is 2.87. The molecule has 0 unspecified atom stereocenters. The smallest absolute Gasteiger partial charge is 0.375 e. The summed E-state index contributed by atoms with van der Waals surface area (Å²) in [6.45, 7) is -2.28. The predicted molar refractivity (Wildman–Crippen MR) is 47.2 cm³/mol. The van der Waals surface area contributed by atoms with Crippen molar-refractivity contribution in [3.05, 3.63) is 0 Å². The van der Waals surface area contributed by atoms with Crippen molar-refractivity contribution in [1.29, 1.82) is 0 Å². The number of hydrogen-bond donors (Lipinski definition) is 0. The second-order valence-corrected chi connectivity index (χ2v) is 3.99. The number of hydrogen-bond acceptors (Lipinski definition) is 1. The van der Waals surface area contributed by atoms with E-state index in [0.29, 0.717) is 0 Å². The van der Waals surface area contributed by atoms with E-state index in [1.54, 1.807) is 0 Å². The fraction of sp³-hybridized carbons (Fsp3) is 1.00. The Morgan fingerprint density at radius 3 is 1.45 bits per heavy atom. The first-order chi connectivity index (χ1) is 9.50. The van der Waals surface area contributed by atoms with Gasteiger partial charge < -0.3 is 4.74 Å². The molecule has 13 heteroatoms. The molecule has 0 fully saturated rings. The summed E-state index contributed by atoms with van der Waals surface area (Å²) in [7, 11) is 0. The Bertz CT molecular complexity index is 377. The minimum Gasteiger partial charge on any atom is -0.375 e. The Labute approximate surface area is 115 Å². The summed E-state index contributed by atoms with van der Waals surface area (Å²) < 4.78 is 155. The average Bonchev–Trinajstić information content (AvgIpc) is 2.35. The first-order valence-electron chi connectivity index (χ1n) is 5.25. The lowest BCUT2D eigenvalue weighted by molar-refractivity contribution is -0.415. The topological polar surface area (TPSA) is 9.23 Å². The van der Waals surface area contributed by atoms with Crippen molar-refractivity contribution in [3.63, 3.8) is 0 Å². The third-order valence-electron chi connectivity index (χ3n) is 2.43. The van der Waals surface area contributed by atoms with E-state index in [2.05, 4.69) is 4.74 Å². The zero-order chi connectivity index (χ0) is 18.2. The van der Waals surface area contributed by atoms with Crippen LogP contribution in [0.2, 0.25) is 0 Å². The van der Waals surface area contributed by atoms with Gasteiger partial charge in [-0.3, -0.25) is 0 Å². The molecule has 1 nitrogen and oxygen atoms in total. The van der Waals surface area contributed by atoms with Gasteiger partial charge in [0, 0.05) is 6.61 Å². The minimum absolute atomic E-state index is 0.721. The van der Waals surface area contributed by atoms with Crippen LogP contribution < -0.4 is 0 Å². The van der Waals surface area contributed by atoms with E-state index >= 15 is 0 Å². The third-order valence-corrected chi connectivity index (χ3v) is 2.43. The second kappa shape index (κ2) is 5.96. The molecule has 0 radical (unpaired) electrons. The molecule has 134 valence electrons. The maximum atomic E-state index is 13.0. The van der Waals surface area contributed by atoms with Crippen LogP contribution in [0.3, 0.4) is 0 Å². The van der Waals surface area contributed by atoms with Crippen LogP contribution >= 0.6 is 0 Å². The number of alkyl halides is 12. The molecule has 0 aromatic heterocycles. The molecule has 0 aromatic carbocycles. The van der Waals surface area contributed by atoms with Crippen molar-refractivity contribution < 1.29 is 57.4 Å². The lowest BCUT2D eigenvalue weighted by Crippen LogP contribution is -2.69. The van der Waals surface area contributed by atoms with Gasteiger partial charge in [-0.05, 0) is 6.92 Å². The first-order valence-corrected chi connectivity index (χ1v) is 5.25. The Balaban J connectivity index is 5.88. The van der Waals surface area contributed by atoms with Crippen molar-refractivity contribution in [1.82, 2.24) is 0 Å². The van der Waals surface area contributed by atoms with E-state index in [1.807, 2.05) is 0 Å². The van der Waals surface area contributed by atoms with E-state index in [1.165, 1.54) is 0 Å². The van der Waals surface area contributed by atoms with Crippen LogP contribution in [0, 0.1) is 0 Å². The molecule has 22 heavy (non-hydrogen) atoms. The number of rotatable bonds is 8. The van der Waals surface area contributed by atoms with Crippen molar-refractivity contribution in [3.8, 4) is 0 Å². The van der Waals surface area contributed by atoms with Crippen LogP contribution in [0.15, 0.2) is 0 Å². The monoisotopic (exact) mass is 360 g/mol. The number of ether oxygens (including phenoxy) is 1. The number of halogens is 12. The molecule has 0 amide bonds. The van der Waals surface area contributed by atoms with E-state index in [0.717, 1.165) is 6.92 Å². The van der Waals surface area contributed by atoms with E-state index < -0.39 is 49.3 Å². The molecule has 0 spiro atoms. The van der Waals surface area contributed by atoms with Crippen LogP contribution in [0.1, 0.15) is 6.92 Å². The summed E-state index contributed by atoms with van der Waals surface area (Å²) in [5.41, 5.74) is 0. The molecular weight excluding hydrogens is 352 g/mol. The van der Waals surface area contributed by atoms with Gasteiger partial charge in [0.15, 0.2) is 0 Å². The molecule has 0 heterocycles. The molecule has 0 rings (SSSR count). The molecule has 0 aromatic rings. The summed E-state index contributed by atoms with van der Waals surface area (Å²) in [5.74, 6) is -35.0. The highest BCUT2D eigenvalue weighted by Crippen LogP contribution is 2.58. The quantitative estimate of drug-likeness (QED) is 0.581. The molecule has 0 N–H and O–H groups in total. The summed E-state index contributed by atoms with van der Waals surface area (Å²) in [6.07, 6.45) is -5.50. The molecule has 0 bridgehead atoms. The zero-order valence-corrected chi connectivity index (χ0v) is 10.4. The van der Waals surface area contributed by atoms with Crippen molar-refractivity contribution in [2.45, 2.75) is 43.0 Å². The van der Waals surface area contributed by atoms with Gasteiger partial charge in [-0.15, -0.1) is 0 Å². The van der Waals surface area contributed by atoms with Gasteiger partial charge >= 0.3 is 36.0 Å². The standard InChI is InChI=1S/C9H8F12O/c1-2-22-3-5(12,13)7(16,17)9(20,21)8(18,19)6(14,15)4(10)11/h4H,2-3H2,1H3. The summed E-state index contributed by atoms with van der Waals surface area (Å²) in [6, 6.07) is 0. The van der Waals surface area contributed by atoms with Gasteiger partial charge in [0.1, 0.15) is 6.61 Å². The third kappa shape index (κ3) is 2.95. The van der Waals surface area contributed by atoms with Gasteiger partial charge in [0.05, 0.1) is 0 Å². The lowest BCUT2D eigenvalue weighted by Gasteiger charge is -2.39. The lowest BCUT2D eigenvalue weighted by atomic mass is 9.94. The van der Waals surface area contributed by atoms with Gasteiger partial charge in [-0.25, -0.2) is 8.78 Å². The van der Waals surface area contributed by atoms with Gasteiger partial charge in [-0.2, -0.15) is 43.9 Å². The summed E-state index contributed by atoms with van der Waals surface area (Å²) >= 11 is 0. The zero-order valence-electron chi connectivity index (χ0n) is 10.4. The Morgan fingerprint density at radius 1 is 0.727 bits per heavy atom. The highest BCUT2D eigenvalue weighted by atomic mass is 19.4. The molecule has 0 aliphatic heterocycles. The van der Waals surface area contributed by atoms with E-state index in [9.17, 15) is 52.7 Å². The average molecular weight is 360 g/mol. The second-order valence-electron chi connectivity index (χ2n) is 3.99. The van der Waals surface area contributed by atoms with Crippen molar-refractivity contribution >= 4 is 0 Å². The fourth-order valence-electron chi connectivity index (χ4n) is 1.09. The molecule has 0 saturated heterocycles. The maximum absolute atomic E-state index is 13.0. The maximum Gasteiger partial charge on any atom is 0.384 e. The highest BCUT2D eigenvalue weighted by molar-refractivity contribution is 5.09. The first kappa shape index (κ1) is 21.1. The van der Waals surface area contributed by atoms with Crippen molar-refractivity contribution in [2.75, 3.05) is 13.2 Å². The fourth-order valence-corrected chi connectivity index (χ4v) is 1.09. The molecule has 0 aliphatic rings. The molecule has 0 aliphatic carbocycles. The van der Waals surface area contributed by atoms with Gasteiger partial charge in [-0.1, -0.05) is 0 Å². The van der Waals surface area contributed by atoms with Crippen LogP contribution in [0.5, 0.6) is 0 Å². The van der Waals surface area contributed by atoms with Crippen LogP contribution in [0.4, 0.5) is 52.7 Å². The summed E-state index contributed by atoms with van der Waals surface area (Å²) in [4.78, 5) is 0. The van der Waals surface area contributed by atoms with Crippen LogP contribution in [0.25, 0.3) is 0 Å². The Hall–Kier alpha value is -0.880. The Morgan fingerprint density at radius 2 is 1.14 bits per heavy atom. The van der Waals surface area contributed by atoms with Gasteiger partial charge in [0.25, 0.3) is 0 Å². The molecular formula is C9H8F12O. The normalized spacial score (nSPS) is 15.5.